The van der Waals surface area contributed by atoms with Gasteiger partial charge in [-0.3, -0.25) is 9.59 Å². The van der Waals surface area contributed by atoms with Crippen LogP contribution in [0.2, 0.25) is 0 Å². The molecule has 24 heavy (non-hydrogen) atoms. The highest BCUT2D eigenvalue weighted by Crippen LogP contribution is 2.30. The van der Waals surface area contributed by atoms with Crippen molar-refractivity contribution in [3.63, 3.8) is 0 Å². The van der Waals surface area contributed by atoms with Crippen molar-refractivity contribution in [2.75, 3.05) is 6.61 Å². The van der Waals surface area contributed by atoms with Crippen molar-refractivity contribution >= 4 is 11.9 Å². The van der Waals surface area contributed by atoms with Crippen LogP contribution in [-0.2, 0) is 16.1 Å². The summed E-state index contributed by atoms with van der Waals surface area (Å²) in [5.74, 6) is -1.18. The van der Waals surface area contributed by atoms with Crippen LogP contribution in [0, 0.1) is 11.8 Å². The van der Waals surface area contributed by atoms with Crippen molar-refractivity contribution in [1.82, 2.24) is 5.32 Å². The summed E-state index contributed by atoms with van der Waals surface area (Å²) in [4.78, 5) is 23.7. The lowest BCUT2D eigenvalue weighted by molar-refractivity contribution is -0.148. The number of carboxylic acids is 1. The zero-order chi connectivity index (χ0) is 17.4. The summed E-state index contributed by atoms with van der Waals surface area (Å²) in [5, 5.41) is 12.2. The molecule has 0 spiro atoms. The van der Waals surface area contributed by atoms with Crippen LogP contribution < -0.4 is 10.1 Å². The van der Waals surface area contributed by atoms with E-state index in [1.165, 1.54) is 0 Å². The van der Waals surface area contributed by atoms with Gasteiger partial charge in [-0.2, -0.15) is 0 Å². The molecule has 5 heteroatoms. The van der Waals surface area contributed by atoms with Gasteiger partial charge >= 0.3 is 5.97 Å². The summed E-state index contributed by atoms with van der Waals surface area (Å²) in [5.41, 5.74) is 0.958. The molecule has 0 heterocycles. The molecule has 0 saturated heterocycles. The highest BCUT2D eigenvalue weighted by atomic mass is 16.5. The second-order valence-corrected chi connectivity index (χ2v) is 6.40. The number of rotatable bonds is 8. The predicted molar refractivity (Wildman–Crippen MR) is 91.8 cm³/mol. The molecule has 1 saturated carbocycles. The number of carbonyl (C=O) groups is 2. The van der Waals surface area contributed by atoms with Crippen LogP contribution in [0.3, 0.4) is 0 Å². The largest absolute Gasteiger partial charge is 0.494 e. The third-order valence-electron chi connectivity index (χ3n) is 4.55. The fourth-order valence-electron chi connectivity index (χ4n) is 3.14. The minimum Gasteiger partial charge on any atom is -0.494 e. The maximum Gasteiger partial charge on any atom is 0.307 e. The number of benzene rings is 1. The van der Waals surface area contributed by atoms with Gasteiger partial charge in [0.25, 0.3) is 0 Å². The Morgan fingerprint density at radius 3 is 2.71 bits per heavy atom. The van der Waals surface area contributed by atoms with Gasteiger partial charge in [-0.1, -0.05) is 38.3 Å². The molecule has 2 rings (SSSR count). The molecule has 0 aliphatic heterocycles. The molecule has 1 aromatic carbocycles. The first-order valence-corrected chi connectivity index (χ1v) is 8.84. The number of hydrogen-bond donors (Lipinski definition) is 2. The molecule has 0 bridgehead atoms. The summed E-state index contributed by atoms with van der Waals surface area (Å²) in [6.45, 7) is 3.20. The van der Waals surface area contributed by atoms with Gasteiger partial charge in [0.05, 0.1) is 18.4 Å². The Morgan fingerprint density at radius 2 is 2.00 bits per heavy atom. The Hall–Kier alpha value is -2.04. The van der Waals surface area contributed by atoms with E-state index in [4.69, 9.17) is 4.74 Å². The first kappa shape index (κ1) is 18.3. The number of hydrogen-bond acceptors (Lipinski definition) is 3. The van der Waals surface area contributed by atoms with Crippen LogP contribution in [0.5, 0.6) is 5.75 Å². The number of carboxylic acid groups (broad SMARTS) is 1. The van der Waals surface area contributed by atoms with Crippen LogP contribution in [-0.4, -0.2) is 23.6 Å². The van der Waals surface area contributed by atoms with E-state index in [0.717, 1.165) is 37.0 Å². The van der Waals surface area contributed by atoms with Crippen LogP contribution in [0.4, 0.5) is 0 Å². The molecule has 1 aliphatic carbocycles. The lowest BCUT2D eigenvalue weighted by Gasteiger charge is -2.27. The Morgan fingerprint density at radius 1 is 1.25 bits per heavy atom. The topological polar surface area (TPSA) is 75.6 Å². The fourth-order valence-corrected chi connectivity index (χ4v) is 3.14. The van der Waals surface area contributed by atoms with Crippen molar-refractivity contribution < 1.29 is 19.4 Å². The summed E-state index contributed by atoms with van der Waals surface area (Å²) < 4.78 is 5.67. The third kappa shape index (κ3) is 5.25. The van der Waals surface area contributed by atoms with Crippen molar-refractivity contribution in [2.45, 2.75) is 52.0 Å². The van der Waals surface area contributed by atoms with E-state index in [1.54, 1.807) is 0 Å². The standard InChI is InChI=1S/C19H27NO4/c1-2-3-11-24-15-8-6-7-14(12-15)13-20-18(21)16-9-4-5-10-17(16)19(22)23/h6-8,12,16-17H,2-5,9-11,13H2,1H3,(H,20,21)(H,22,23)/t16-,17+/m0/s1. The zero-order valence-electron chi connectivity index (χ0n) is 14.3. The lowest BCUT2D eigenvalue weighted by Crippen LogP contribution is -2.39. The number of aliphatic carboxylic acids is 1. The normalized spacial score (nSPS) is 20.4. The van der Waals surface area contributed by atoms with Gasteiger partial charge in [-0.25, -0.2) is 0 Å². The number of nitrogens with one attached hydrogen (secondary N) is 1. The quantitative estimate of drug-likeness (QED) is 0.715. The molecule has 2 atom stereocenters. The zero-order valence-corrected chi connectivity index (χ0v) is 14.3. The van der Waals surface area contributed by atoms with Gasteiger partial charge in [0.2, 0.25) is 5.91 Å². The van der Waals surface area contributed by atoms with Crippen molar-refractivity contribution in [3.05, 3.63) is 29.8 Å². The first-order valence-electron chi connectivity index (χ1n) is 8.84. The van der Waals surface area contributed by atoms with Gasteiger partial charge in [-0.05, 0) is 37.0 Å². The molecule has 0 radical (unpaired) electrons. The Balaban J connectivity index is 1.88. The molecular formula is C19H27NO4. The van der Waals surface area contributed by atoms with Crippen molar-refractivity contribution in [1.29, 1.82) is 0 Å². The monoisotopic (exact) mass is 333 g/mol. The van der Waals surface area contributed by atoms with Gasteiger partial charge in [0.15, 0.2) is 0 Å². The molecule has 1 aliphatic rings. The highest BCUT2D eigenvalue weighted by molar-refractivity contribution is 5.84. The first-order chi connectivity index (χ1) is 11.6. The molecule has 1 aromatic rings. The molecule has 2 N–H and O–H groups in total. The Labute approximate surface area is 143 Å². The predicted octanol–water partition coefficient (Wildman–Crippen LogP) is 3.37. The van der Waals surface area contributed by atoms with E-state index in [1.807, 2.05) is 24.3 Å². The van der Waals surface area contributed by atoms with E-state index >= 15 is 0 Å². The molecule has 132 valence electrons. The van der Waals surface area contributed by atoms with E-state index in [-0.39, 0.29) is 5.91 Å². The van der Waals surface area contributed by atoms with Crippen molar-refractivity contribution in [2.24, 2.45) is 11.8 Å². The number of unbranched alkanes of at least 4 members (excludes halogenated alkanes) is 1. The molecular weight excluding hydrogens is 306 g/mol. The van der Waals surface area contributed by atoms with Gasteiger partial charge in [0, 0.05) is 6.54 Å². The fraction of sp³-hybridized carbons (Fsp3) is 0.579. The minimum absolute atomic E-state index is 0.153. The summed E-state index contributed by atoms with van der Waals surface area (Å²) >= 11 is 0. The summed E-state index contributed by atoms with van der Waals surface area (Å²) in [7, 11) is 0. The molecule has 5 nitrogen and oxygen atoms in total. The maximum atomic E-state index is 12.4. The summed E-state index contributed by atoms with van der Waals surface area (Å²) in [6.07, 6.45) is 5.15. The van der Waals surface area contributed by atoms with E-state index < -0.39 is 17.8 Å². The van der Waals surface area contributed by atoms with E-state index in [9.17, 15) is 14.7 Å². The van der Waals surface area contributed by atoms with Crippen LogP contribution in [0.15, 0.2) is 24.3 Å². The van der Waals surface area contributed by atoms with Crippen LogP contribution >= 0.6 is 0 Å². The lowest BCUT2D eigenvalue weighted by atomic mass is 9.78. The molecule has 1 amide bonds. The van der Waals surface area contributed by atoms with Crippen LogP contribution in [0.1, 0.15) is 51.0 Å². The summed E-state index contributed by atoms with van der Waals surface area (Å²) in [6, 6.07) is 7.67. The molecule has 0 unspecified atom stereocenters. The second kappa shape index (κ2) is 9.30. The Kier molecular flexibility index (Phi) is 7.09. The van der Waals surface area contributed by atoms with Gasteiger partial charge in [0.1, 0.15) is 5.75 Å². The highest BCUT2D eigenvalue weighted by Gasteiger charge is 2.35. The minimum atomic E-state index is -0.860. The molecule has 0 aromatic heterocycles. The average molecular weight is 333 g/mol. The van der Waals surface area contributed by atoms with Gasteiger partial charge < -0.3 is 15.2 Å². The third-order valence-corrected chi connectivity index (χ3v) is 4.55. The SMILES string of the molecule is CCCCOc1cccc(CNC(=O)[C@H]2CCCC[C@H]2C(=O)O)c1. The smallest absolute Gasteiger partial charge is 0.307 e. The number of amides is 1. The van der Waals surface area contributed by atoms with E-state index in [2.05, 4.69) is 12.2 Å². The second-order valence-electron chi connectivity index (χ2n) is 6.40. The van der Waals surface area contributed by atoms with E-state index in [0.29, 0.717) is 26.0 Å². The number of carbonyl (C=O) groups excluding carboxylic acids is 1. The molecule has 1 fully saturated rings. The number of ether oxygens (including phenoxy) is 1. The van der Waals surface area contributed by atoms with Crippen molar-refractivity contribution in [3.8, 4) is 5.75 Å². The van der Waals surface area contributed by atoms with Crippen LogP contribution in [0.25, 0.3) is 0 Å². The van der Waals surface area contributed by atoms with Gasteiger partial charge in [-0.15, -0.1) is 0 Å². The Bertz CT molecular complexity index is 558. The maximum absolute atomic E-state index is 12.4. The average Bonchev–Trinajstić information content (AvgIpc) is 2.60.